The SMILES string of the molecule is CCCC1CCCC(N2CCC(C(C)N)C2)CC1. The molecule has 1 saturated heterocycles. The van der Waals surface area contributed by atoms with E-state index >= 15 is 0 Å². The van der Waals surface area contributed by atoms with Gasteiger partial charge in [-0.15, -0.1) is 0 Å². The monoisotopic (exact) mass is 252 g/mol. The van der Waals surface area contributed by atoms with Crippen molar-refractivity contribution in [3.63, 3.8) is 0 Å². The molecule has 2 rings (SSSR count). The summed E-state index contributed by atoms with van der Waals surface area (Å²) in [5.41, 5.74) is 6.06. The molecule has 106 valence electrons. The van der Waals surface area contributed by atoms with Crippen molar-refractivity contribution in [3.8, 4) is 0 Å². The van der Waals surface area contributed by atoms with Crippen molar-refractivity contribution in [2.75, 3.05) is 13.1 Å². The van der Waals surface area contributed by atoms with Gasteiger partial charge in [-0.25, -0.2) is 0 Å². The molecule has 0 aromatic heterocycles. The van der Waals surface area contributed by atoms with E-state index in [9.17, 15) is 0 Å². The first kappa shape index (κ1) is 14.3. The lowest BCUT2D eigenvalue weighted by molar-refractivity contribution is 0.208. The quantitative estimate of drug-likeness (QED) is 0.777. The maximum atomic E-state index is 6.06. The molecular weight excluding hydrogens is 220 g/mol. The van der Waals surface area contributed by atoms with Gasteiger partial charge in [0, 0.05) is 18.6 Å². The summed E-state index contributed by atoms with van der Waals surface area (Å²) in [6.45, 7) is 7.07. The van der Waals surface area contributed by atoms with Gasteiger partial charge in [-0.1, -0.05) is 32.6 Å². The smallest absolute Gasteiger partial charge is 0.00954 e. The van der Waals surface area contributed by atoms with Crippen molar-refractivity contribution < 1.29 is 0 Å². The number of likely N-dealkylation sites (tertiary alicyclic amines) is 1. The number of hydrogen-bond acceptors (Lipinski definition) is 2. The molecule has 2 fully saturated rings. The van der Waals surface area contributed by atoms with Gasteiger partial charge in [0.15, 0.2) is 0 Å². The van der Waals surface area contributed by atoms with Crippen molar-refractivity contribution in [2.45, 2.75) is 77.3 Å². The summed E-state index contributed by atoms with van der Waals surface area (Å²) in [4.78, 5) is 2.75. The Morgan fingerprint density at radius 2 is 2.00 bits per heavy atom. The Morgan fingerprint density at radius 3 is 2.67 bits per heavy atom. The van der Waals surface area contributed by atoms with E-state index in [0.29, 0.717) is 6.04 Å². The summed E-state index contributed by atoms with van der Waals surface area (Å²) in [5.74, 6) is 1.77. The summed E-state index contributed by atoms with van der Waals surface area (Å²) >= 11 is 0. The Hall–Kier alpha value is -0.0800. The minimum atomic E-state index is 0.383. The van der Waals surface area contributed by atoms with Crippen LogP contribution in [0.3, 0.4) is 0 Å². The number of nitrogens with two attached hydrogens (primary N) is 1. The van der Waals surface area contributed by atoms with Crippen LogP contribution in [-0.2, 0) is 0 Å². The molecule has 4 unspecified atom stereocenters. The molecule has 0 bridgehead atoms. The topological polar surface area (TPSA) is 29.3 Å². The molecule has 1 saturated carbocycles. The third-order valence-electron chi connectivity index (χ3n) is 5.27. The summed E-state index contributed by atoms with van der Waals surface area (Å²) in [6, 6.07) is 1.25. The van der Waals surface area contributed by atoms with Crippen molar-refractivity contribution in [3.05, 3.63) is 0 Å². The molecule has 0 amide bonds. The van der Waals surface area contributed by atoms with E-state index in [2.05, 4.69) is 18.7 Å². The van der Waals surface area contributed by atoms with Gasteiger partial charge >= 0.3 is 0 Å². The predicted molar refractivity (Wildman–Crippen MR) is 78.6 cm³/mol. The molecule has 18 heavy (non-hydrogen) atoms. The van der Waals surface area contributed by atoms with Crippen LogP contribution in [0.15, 0.2) is 0 Å². The Bertz CT molecular complexity index is 239. The fourth-order valence-electron chi connectivity index (χ4n) is 4.00. The van der Waals surface area contributed by atoms with Gasteiger partial charge in [0.1, 0.15) is 0 Å². The minimum absolute atomic E-state index is 0.383. The predicted octanol–water partition coefficient (Wildman–Crippen LogP) is 3.40. The van der Waals surface area contributed by atoms with Crippen molar-refractivity contribution >= 4 is 0 Å². The second-order valence-electron chi connectivity index (χ2n) is 6.72. The third-order valence-corrected chi connectivity index (χ3v) is 5.27. The molecule has 1 aliphatic carbocycles. The first-order valence-corrected chi connectivity index (χ1v) is 8.20. The van der Waals surface area contributed by atoms with Gasteiger partial charge in [0.2, 0.25) is 0 Å². The van der Waals surface area contributed by atoms with Crippen molar-refractivity contribution in [1.29, 1.82) is 0 Å². The minimum Gasteiger partial charge on any atom is -0.328 e. The van der Waals surface area contributed by atoms with Crippen LogP contribution in [0.4, 0.5) is 0 Å². The van der Waals surface area contributed by atoms with Crippen LogP contribution in [0.25, 0.3) is 0 Å². The van der Waals surface area contributed by atoms with E-state index < -0.39 is 0 Å². The molecule has 0 aromatic rings. The zero-order chi connectivity index (χ0) is 13.0. The van der Waals surface area contributed by atoms with Crippen LogP contribution in [0.1, 0.15) is 65.2 Å². The second kappa shape index (κ2) is 6.91. The lowest BCUT2D eigenvalue weighted by Gasteiger charge is -2.27. The van der Waals surface area contributed by atoms with Crippen LogP contribution in [0.5, 0.6) is 0 Å². The first-order valence-electron chi connectivity index (χ1n) is 8.20. The summed E-state index contributed by atoms with van der Waals surface area (Å²) < 4.78 is 0. The van der Waals surface area contributed by atoms with Crippen molar-refractivity contribution in [1.82, 2.24) is 4.90 Å². The highest BCUT2D eigenvalue weighted by molar-refractivity contribution is 4.86. The van der Waals surface area contributed by atoms with E-state index in [4.69, 9.17) is 5.73 Å². The highest BCUT2D eigenvalue weighted by Crippen LogP contribution is 2.31. The van der Waals surface area contributed by atoms with Gasteiger partial charge in [0.25, 0.3) is 0 Å². The Balaban J connectivity index is 1.80. The van der Waals surface area contributed by atoms with Gasteiger partial charge in [0.05, 0.1) is 0 Å². The van der Waals surface area contributed by atoms with Crippen LogP contribution in [0.2, 0.25) is 0 Å². The fourth-order valence-corrected chi connectivity index (χ4v) is 4.00. The third kappa shape index (κ3) is 3.71. The second-order valence-corrected chi connectivity index (χ2v) is 6.72. The standard InChI is InChI=1S/C16H32N2/c1-3-5-14-6-4-7-16(9-8-14)18-11-10-15(12-18)13(2)17/h13-16H,3-12,17H2,1-2H3. The number of hydrogen-bond donors (Lipinski definition) is 1. The fraction of sp³-hybridized carbons (Fsp3) is 1.00. The van der Waals surface area contributed by atoms with Crippen molar-refractivity contribution in [2.24, 2.45) is 17.6 Å². The summed E-state index contributed by atoms with van der Waals surface area (Å²) in [6.07, 6.45) is 11.4. The average molecular weight is 252 g/mol. The molecule has 1 aliphatic heterocycles. The van der Waals surface area contributed by atoms with Gasteiger partial charge in [-0.2, -0.15) is 0 Å². The molecule has 2 nitrogen and oxygen atoms in total. The van der Waals surface area contributed by atoms with E-state index in [1.54, 1.807) is 0 Å². The maximum absolute atomic E-state index is 6.06. The van der Waals surface area contributed by atoms with Crippen LogP contribution >= 0.6 is 0 Å². The zero-order valence-electron chi connectivity index (χ0n) is 12.4. The van der Waals surface area contributed by atoms with Crippen LogP contribution in [-0.4, -0.2) is 30.1 Å². The Kier molecular flexibility index (Phi) is 5.50. The van der Waals surface area contributed by atoms with Crippen LogP contribution in [0, 0.1) is 11.8 Å². The summed E-state index contributed by atoms with van der Waals surface area (Å²) in [7, 11) is 0. The molecule has 4 atom stereocenters. The normalized spacial score (nSPS) is 36.5. The lowest BCUT2D eigenvalue weighted by Crippen LogP contribution is -2.35. The highest BCUT2D eigenvalue weighted by Gasteiger charge is 2.31. The highest BCUT2D eigenvalue weighted by atomic mass is 15.2. The van der Waals surface area contributed by atoms with E-state index in [1.165, 1.54) is 64.5 Å². The molecular formula is C16H32N2. The van der Waals surface area contributed by atoms with E-state index in [1.807, 2.05) is 0 Å². The first-order chi connectivity index (χ1) is 8.70. The Morgan fingerprint density at radius 1 is 1.17 bits per heavy atom. The van der Waals surface area contributed by atoms with Gasteiger partial charge < -0.3 is 10.6 Å². The largest absolute Gasteiger partial charge is 0.328 e. The number of nitrogens with zero attached hydrogens (tertiary/aromatic N) is 1. The molecule has 0 radical (unpaired) electrons. The van der Waals surface area contributed by atoms with E-state index in [-0.39, 0.29) is 0 Å². The van der Waals surface area contributed by atoms with Gasteiger partial charge in [-0.3, -0.25) is 0 Å². The molecule has 1 heterocycles. The molecule has 0 spiro atoms. The summed E-state index contributed by atoms with van der Waals surface area (Å²) in [5, 5.41) is 0. The number of rotatable bonds is 4. The Labute approximate surface area is 113 Å². The lowest BCUT2D eigenvalue weighted by atomic mass is 9.95. The molecule has 2 aliphatic rings. The van der Waals surface area contributed by atoms with Gasteiger partial charge in [-0.05, 0) is 51.0 Å². The van der Waals surface area contributed by atoms with Crippen LogP contribution < -0.4 is 5.73 Å². The maximum Gasteiger partial charge on any atom is 0.00954 e. The molecule has 0 aromatic carbocycles. The molecule has 2 N–H and O–H groups in total. The molecule has 2 heteroatoms. The average Bonchev–Trinajstić information content (AvgIpc) is 2.72. The zero-order valence-corrected chi connectivity index (χ0v) is 12.4. The van der Waals surface area contributed by atoms with E-state index in [0.717, 1.165) is 17.9 Å².